The summed E-state index contributed by atoms with van der Waals surface area (Å²) >= 11 is 0. The molecular weight excluding hydrogens is 401 g/mol. The first-order valence-electron chi connectivity index (χ1n) is 7.88. The predicted molar refractivity (Wildman–Crippen MR) is 109 cm³/mol. The van der Waals surface area contributed by atoms with E-state index in [9.17, 15) is 0 Å². The Morgan fingerprint density at radius 1 is 1.39 bits per heavy atom. The van der Waals surface area contributed by atoms with Crippen LogP contribution in [-0.2, 0) is 17.9 Å². The van der Waals surface area contributed by atoms with Crippen molar-refractivity contribution in [3.8, 4) is 0 Å². The van der Waals surface area contributed by atoms with E-state index in [4.69, 9.17) is 9.73 Å². The predicted octanol–water partition coefficient (Wildman–Crippen LogP) is 3.81. The lowest BCUT2D eigenvalue weighted by atomic mass is 10.1. The number of methoxy groups -OCH3 is 1. The number of hydrogen-bond donors (Lipinski definition) is 1. The van der Waals surface area contributed by atoms with Gasteiger partial charge >= 0.3 is 0 Å². The van der Waals surface area contributed by atoms with Crippen molar-refractivity contribution in [2.45, 2.75) is 32.9 Å². The molecule has 0 heterocycles. The van der Waals surface area contributed by atoms with E-state index in [1.807, 2.05) is 6.08 Å². The van der Waals surface area contributed by atoms with Crippen molar-refractivity contribution in [2.75, 3.05) is 27.2 Å². The molecule has 1 N–H and O–H groups in total. The number of unbranched alkanes of at least 4 members (excludes halogenated alkanes) is 1. The van der Waals surface area contributed by atoms with Crippen LogP contribution in [0, 0.1) is 0 Å². The fourth-order valence-corrected chi connectivity index (χ4v) is 2.20. The monoisotopic (exact) mass is 431 g/mol. The quantitative estimate of drug-likeness (QED) is 0.212. The number of hydrogen-bond acceptors (Lipinski definition) is 2. The van der Waals surface area contributed by atoms with E-state index in [1.165, 1.54) is 11.1 Å². The largest absolute Gasteiger partial charge is 0.380 e. The van der Waals surface area contributed by atoms with Crippen LogP contribution in [0.25, 0.3) is 0 Å². The van der Waals surface area contributed by atoms with E-state index in [2.05, 4.69) is 55.0 Å². The smallest absolute Gasteiger partial charge is 0.193 e. The van der Waals surface area contributed by atoms with Crippen LogP contribution in [0.15, 0.2) is 41.9 Å². The van der Waals surface area contributed by atoms with Gasteiger partial charge in [-0.15, -0.1) is 30.6 Å². The first kappa shape index (κ1) is 21.9. The number of nitrogens with zero attached hydrogens (tertiary/aromatic N) is 2. The molecule has 0 unspecified atom stereocenters. The number of ether oxygens (including phenoxy) is 1. The van der Waals surface area contributed by atoms with Crippen LogP contribution in [0.3, 0.4) is 0 Å². The first-order chi connectivity index (χ1) is 10.7. The molecule has 0 atom stereocenters. The van der Waals surface area contributed by atoms with Gasteiger partial charge in [0.1, 0.15) is 0 Å². The van der Waals surface area contributed by atoms with Gasteiger partial charge in [0.25, 0.3) is 0 Å². The number of aliphatic imine (C=N–C) groups is 1. The van der Waals surface area contributed by atoms with Crippen molar-refractivity contribution in [3.05, 3.63) is 48.0 Å². The van der Waals surface area contributed by atoms with E-state index in [0.717, 1.165) is 31.9 Å². The molecule has 23 heavy (non-hydrogen) atoms. The summed E-state index contributed by atoms with van der Waals surface area (Å²) in [5.74, 6) is 0.948. The molecule has 0 fully saturated rings. The van der Waals surface area contributed by atoms with Gasteiger partial charge in [-0.25, -0.2) is 4.99 Å². The number of nitrogens with one attached hydrogen (secondary N) is 1. The van der Waals surface area contributed by atoms with E-state index >= 15 is 0 Å². The van der Waals surface area contributed by atoms with Gasteiger partial charge in [0, 0.05) is 27.2 Å². The second-order valence-electron chi connectivity index (χ2n) is 5.28. The highest BCUT2D eigenvalue weighted by Gasteiger charge is 2.05. The molecule has 1 aromatic rings. The zero-order chi connectivity index (χ0) is 16.2. The van der Waals surface area contributed by atoms with E-state index in [-0.39, 0.29) is 24.0 Å². The fraction of sp³-hybridized carbons (Fsp3) is 0.500. The summed E-state index contributed by atoms with van der Waals surface area (Å²) in [6, 6.07) is 8.38. The SMILES string of the molecule is C=CCCCN(C)C(=NCc1cccc(COC)c1)NCC.I. The Bertz CT molecular complexity index is 477. The minimum Gasteiger partial charge on any atom is -0.380 e. The number of guanidine groups is 1. The third-order valence-corrected chi connectivity index (χ3v) is 3.31. The third kappa shape index (κ3) is 8.95. The Balaban J connectivity index is 0.00000484. The van der Waals surface area contributed by atoms with Crippen LogP contribution in [-0.4, -0.2) is 38.1 Å². The summed E-state index contributed by atoms with van der Waals surface area (Å²) in [7, 11) is 3.79. The van der Waals surface area contributed by atoms with Crippen molar-refractivity contribution >= 4 is 29.9 Å². The van der Waals surface area contributed by atoms with Crippen LogP contribution in [0.5, 0.6) is 0 Å². The van der Waals surface area contributed by atoms with Crippen LogP contribution in [0.1, 0.15) is 30.9 Å². The average molecular weight is 431 g/mol. The van der Waals surface area contributed by atoms with Crippen LogP contribution >= 0.6 is 24.0 Å². The van der Waals surface area contributed by atoms with Crippen molar-refractivity contribution in [2.24, 2.45) is 4.99 Å². The van der Waals surface area contributed by atoms with Gasteiger partial charge in [0.15, 0.2) is 5.96 Å². The highest BCUT2D eigenvalue weighted by Crippen LogP contribution is 2.08. The summed E-state index contributed by atoms with van der Waals surface area (Å²) < 4.78 is 5.18. The number of rotatable bonds is 9. The van der Waals surface area contributed by atoms with Gasteiger partial charge < -0.3 is 15.0 Å². The molecule has 130 valence electrons. The Labute approximate surface area is 158 Å². The zero-order valence-electron chi connectivity index (χ0n) is 14.5. The maximum Gasteiger partial charge on any atom is 0.193 e. The summed E-state index contributed by atoms with van der Waals surface area (Å²) in [4.78, 5) is 6.90. The molecule has 0 saturated carbocycles. The van der Waals surface area contributed by atoms with Crippen LogP contribution in [0.2, 0.25) is 0 Å². The number of allylic oxidation sites excluding steroid dienone is 1. The summed E-state index contributed by atoms with van der Waals surface area (Å²) in [5.41, 5.74) is 2.38. The fourth-order valence-electron chi connectivity index (χ4n) is 2.20. The van der Waals surface area contributed by atoms with Gasteiger partial charge in [-0.05, 0) is 30.9 Å². The molecule has 0 aliphatic rings. The second kappa shape index (κ2) is 13.4. The first-order valence-corrected chi connectivity index (χ1v) is 7.88. The molecule has 0 amide bonds. The molecule has 1 rings (SSSR count). The average Bonchev–Trinajstić information content (AvgIpc) is 2.52. The van der Waals surface area contributed by atoms with E-state index < -0.39 is 0 Å². The van der Waals surface area contributed by atoms with Gasteiger partial charge in [-0.2, -0.15) is 0 Å². The lowest BCUT2D eigenvalue weighted by molar-refractivity contribution is 0.185. The maximum atomic E-state index is 5.18. The Morgan fingerprint density at radius 2 is 2.13 bits per heavy atom. The molecule has 1 aromatic carbocycles. The van der Waals surface area contributed by atoms with Gasteiger partial charge in [-0.3, -0.25) is 0 Å². The lowest BCUT2D eigenvalue weighted by Crippen LogP contribution is -2.39. The maximum absolute atomic E-state index is 5.18. The normalized spacial score (nSPS) is 10.8. The molecular formula is C18H30IN3O. The lowest BCUT2D eigenvalue weighted by Gasteiger charge is -2.21. The summed E-state index contributed by atoms with van der Waals surface area (Å²) in [6.07, 6.45) is 4.08. The van der Waals surface area contributed by atoms with Gasteiger partial charge in [0.05, 0.1) is 13.2 Å². The van der Waals surface area contributed by atoms with E-state index in [1.54, 1.807) is 7.11 Å². The van der Waals surface area contributed by atoms with Crippen molar-refractivity contribution in [1.82, 2.24) is 10.2 Å². The minimum atomic E-state index is 0. The molecule has 5 heteroatoms. The molecule has 0 radical (unpaired) electrons. The Hall–Kier alpha value is -1.08. The topological polar surface area (TPSA) is 36.9 Å². The number of halogens is 1. The van der Waals surface area contributed by atoms with Crippen molar-refractivity contribution in [3.63, 3.8) is 0 Å². The Morgan fingerprint density at radius 3 is 2.78 bits per heavy atom. The summed E-state index contributed by atoms with van der Waals surface area (Å²) in [6.45, 7) is 9.01. The van der Waals surface area contributed by atoms with Crippen LogP contribution < -0.4 is 5.32 Å². The van der Waals surface area contributed by atoms with Gasteiger partial charge in [0.2, 0.25) is 0 Å². The molecule has 0 aliphatic heterocycles. The highest BCUT2D eigenvalue weighted by molar-refractivity contribution is 14.0. The molecule has 0 aromatic heterocycles. The minimum absolute atomic E-state index is 0. The molecule has 4 nitrogen and oxygen atoms in total. The van der Waals surface area contributed by atoms with Crippen molar-refractivity contribution < 1.29 is 4.74 Å². The number of benzene rings is 1. The van der Waals surface area contributed by atoms with Gasteiger partial charge in [-0.1, -0.05) is 30.3 Å². The molecule has 0 bridgehead atoms. The zero-order valence-corrected chi connectivity index (χ0v) is 16.9. The van der Waals surface area contributed by atoms with Crippen molar-refractivity contribution in [1.29, 1.82) is 0 Å². The molecule has 0 aliphatic carbocycles. The molecule has 0 saturated heterocycles. The summed E-state index contributed by atoms with van der Waals surface area (Å²) in [5, 5.41) is 3.34. The third-order valence-electron chi connectivity index (χ3n) is 3.31. The van der Waals surface area contributed by atoms with E-state index in [0.29, 0.717) is 13.2 Å². The standard InChI is InChI=1S/C18H29N3O.HI/c1-5-7-8-12-21(3)18(19-6-2)20-14-16-10-9-11-17(13-16)15-22-4;/h5,9-11,13H,1,6-8,12,14-15H2,2-4H3,(H,19,20);1H. The second-order valence-corrected chi connectivity index (χ2v) is 5.28. The highest BCUT2D eigenvalue weighted by atomic mass is 127. The van der Waals surface area contributed by atoms with Crippen LogP contribution in [0.4, 0.5) is 0 Å². The molecule has 0 spiro atoms. The Kier molecular flexibility index (Phi) is 12.7.